The maximum Gasteiger partial charge on any atom is 0.280 e. The highest BCUT2D eigenvalue weighted by molar-refractivity contribution is 6.30. The van der Waals surface area contributed by atoms with Crippen LogP contribution in [0.4, 0.5) is 0 Å². The van der Waals surface area contributed by atoms with Crippen molar-refractivity contribution in [2.45, 2.75) is 39.2 Å². The van der Waals surface area contributed by atoms with E-state index in [2.05, 4.69) is 17.5 Å². The molecule has 144 valence electrons. The van der Waals surface area contributed by atoms with Crippen molar-refractivity contribution >= 4 is 23.7 Å². The van der Waals surface area contributed by atoms with Gasteiger partial charge in [0.15, 0.2) is 6.10 Å². The Balaban J connectivity index is 1.78. The Morgan fingerprint density at radius 3 is 2.63 bits per heavy atom. The number of hydrazone groups is 1. The second-order valence-electron chi connectivity index (χ2n) is 6.08. The van der Waals surface area contributed by atoms with Crippen LogP contribution in [0.2, 0.25) is 5.02 Å². The smallest absolute Gasteiger partial charge is 0.280 e. The fourth-order valence-electron chi connectivity index (χ4n) is 2.26. The summed E-state index contributed by atoms with van der Waals surface area (Å²) in [5.41, 5.74) is 3.26. The van der Waals surface area contributed by atoms with E-state index in [4.69, 9.17) is 21.1 Å². The lowest BCUT2D eigenvalue weighted by Crippen LogP contribution is -2.33. The standard InChI is InChI=1S/C21H25ClN2O3/c1-3-4-5-13-26-19-9-11-20(12-10-19)27-16(2)21(25)24-23-15-17-7-6-8-18(22)14-17/h6-12,14-16H,3-5,13H2,1-2H3,(H,24,25)/b23-15-/t16-/m1/s1. The molecule has 2 aromatic rings. The van der Waals surface area contributed by atoms with Crippen LogP contribution in [0, 0.1) is 0 Å². The third-order valence-corrected chi connectivity index (χ3v) is 3.99. The van der Waals surface area contributed by atoms with E-state index in [9.17, 15) is 4.79 Å². The summed E-state index contributed by atoms with van der Waals surface area (Å²) in [7, 11) is 0. The largest absolute Gasteiger partial charge is 0.494 e. The van der Waals surface area contributed by atoms with E-state index < -0.39 is 6.10 Å². The lowest BCUT2D eigenvalue weighted by Gasteiger charge is -2.13. The maximum atomic E-state index is 12.1. The first-order chi connectivity index (χ1) is 13.1. The van der Waals surface area contributed by atoms with Crippen molar-refractivity contribution < 1.29 is 14.3 Å². The molecule has 2 aromatic carbocycles. The zero-order chi connectivity index (χ0) is 19.5. The van der Waals surface area contributed by atoms with E-state index in [1.165, 1.54) is 12.6 Å². The minimum atomic E-state index is -0.683. The molecule has 0 radical (unpaired) electrons. The van der Waals surface area contributed by atoms with Crippen LogP contribution >= 0.6 is 11.6 Å². The van der Waals surface area contributed by atoms with Crippen LogP contribution in [-0.4, -0.2) is 24.8 Å². The molecule has 6 heteroatoms. The third-order valence-electron chi connectivity index (χ3n) is 3.76. The van der Waals surface area contributed by atoms with Gasteiger partial charge in [0.1, 0.15) is 11.5 Å². The normalized spacial score (nSPS) is 12.0. The summed E-state index contributed by atoms with van der Waals surface area (Å²) < 4.78 is 11.3. The second kappa shape index (κ2) is 11.2. The number of carbonyl (C=O) groups is 1. The first-order valence-corrected chi connectivity index (χ1v) is 9.44. The average molecular weight is 389 g/mol. The number of hydrogen-bond donors (Lipinski definition) is 1. The molecule has 0 saturated heterocycles. The SMILES string of the molecule is CCCCCOc1ccc(O[C@H](C)C(=O)N/N=C\c2cccc(Cl)c2)cc1. The highest BCUT2D eigenvalue weighted by Gasteiger charge is 2.13. The van der Waals surface area contributed by atoms with E-state index in [0.717, 1.165) is 24.2 Å². The quantitative estimate of drug-likeness (QED) is 0.360. The Morgan fingerprint density at radius 1 is 1.19 bits per heavy atom. The van der Waals surface area contributed by atoms with Crippen molar-refractivity contribution in [3.8, 4) is 11.5 Å². The molecule has 0 heterocycles. The van der Waals surface area contributed by atoms with Crippen LogP contribution < -0.4 is 14.9 Å². The van der Waals surface area contributed by atoms with Crippen molar-refractivity contribution in [2.24, 2.45) is 5.10 Å². The van der Waals surface area contributed by atoms with Gasteiger partial charge in [-0.15, -0.1) is 0 Å². The van der Waals surface area contributed by atoms with E-state index >= 15 is 0 Å². The topological polar surface area (TPSA) is 59.9 Å². The van der Waals surface area contributed by atoms with Crippen molar-refractivity contribution in [2.75, 3.05) is 6.61 Å². The predicted molar refractivity (Wildman–Crippen MR) is 109 cm³/mol. The monoisotopic (exact) mass is 388 g/mol. The molecule has 2 rings (SSSR count). The van der Waals surface area contributed by atoms with Gasteiger partial charge in [-0.25, -0.2) is 5.43 Å². The summed E-state index contributed by atoms with van der Waals surface area (Å²) in [6, 6.07) is 14.4. The molecule has 0 aliphatic carbocycles. The summed E-state index contributed by atoms with van der Waals surface area (Å²) >= 11 is 5.90. The van der Waals surface area contributed by atoms with Gasteiger partial charge in [0, 0.05) is 5.02 Å². The van der Waals surface area contributed by atoms with Crippen LogP contribution in [0.3, 0.4) is 0 Å². The minimum absolute atomic E-state index is 0.340. The fourth-order valence-corrected chi connectivity index (χ4v) is 2.46. The molecule has 0 aliphatic rings. The van der Waals surface area contributed by atoms with E-state index in [-0.39, 0.29) is 5.91 Å². The molecule has 1 amide bonds. The molecular weight excluding hydrogens is 364 g/mol. The molecule has 1 N–H and O–H groups in total. The molecular formula is C21H25ClN2O3. The number of rotatable bonds is 10. The van der Waals surface area contributed by atoms with Gasteiger partial charge in [0.05, 0.1) is 12.8 Å². The zero-order valence-electron chi connectivity index (χ0n) is 15.7. The van der Waals surface area contributed by atoms with Gasteiger partial charge in [0.2, 0.25) is 0 Å². The van der Waals surface area contributed by atoms with Gasteiger partial charge in [0.25, 0.3) is 5.91 Å². The van der Waals surface area contributed by atoms with E-state index in [1.807, 2.05) is 24.3 Å². The lowest BCUT2D eigenvalue weighted by atomic mass is 10.2. The number of benzene rings is 2. The van der Waals surface area contributed by atoms with Gasteiger partial charge >= 0.3 is 0 Å². The van der Waals surface area contributed by atoms with Gasteiger partial charge in [-0.1, -0.05) is 43.5 Å². The van der Waals surface area contributed by atoms with Gasteiger partial charge < -0.3 is 9.47 Å². The van der Waals surface area contributed by atoms with Crippen molar-refractivity contribution in [3.05, 3.63) is 59.1 Å². The predicted octanol–water partition coefficient (Wildman–Crippen LogP) is 4.83. The number of nitrogens with zero attached hydrogens (tertiary/aromatic N) is 1. The van der Waals surface area contributed by atoms with Crippen LogP contribution in [0.25, 0.3) is 0 Å². The maximum absolute atomic E-state index is 12.1. The Morgan fingerprint density at radius 2 is 1.93 bits per heavy atom. The number of carbonyl (C=O) groups excluding carboxylic acids is 1. The molecule has 5 nitrogen and oxygen atoms in total. The van der Waals surface area contributed by atoms with Crippen LogP contribution in [-0.2, 0) is 4.79 Å². The van der Waals surface area contributed by atoms with Crippen LogP contribution in [0.1, 0.15) is 38.7 Å². The highest BCUT2D eigenvalue weighted by atomic mass is 35.5. The highest BCUT2D eigenvalue weighted by Crippen LogP contribution is 2.19. The Kier molecular flexibility index (Phi) is 8.65. The van der Waals surface area contributed by atoms with Crippen molar-refractivity contribution in [3.63, 3.8) is 0 Å². The number of unbranched alkanes of at least 4 members (excludes halogenated alkanes) is 2. The molecule has 1 atom stereocenters. The number of amides is 1. The zero-order valence-corrected chi connectivity index (χ0v) is 16.4. The number of nitrogens with one attached hydrogen (secondary N) is 1. The number of ether oxygens (including phenoxy) is 2. The summed E-state index contributed by atoms with van der Waals surface area (Å²) in [6.45, 7) is 4.53. The summed E-state index contributed by atoms with van der Waals surface area (Å²) in [5.74, 6) is 1.05. The van der Waals surface area contributed by atoms with Crippen LogP contribution in [0.5, 0.6) is 11.5 Å². The van der Waals surface area contributed by atoms with Crippen LogP contribution in [0.15, 0.2) is 53.6 Å². The molecule has 0 spiro atoms. The van der Waals surface area contributed by atoms with E-state index in [0.29, 0.717) is 17.4 Å². The Hall–Kier alpha value is -2.53. The fraction of sp³-hybridized carbons (Fsp3) is 0.333. The van der Waals surface area contributed by atoms with Gasteiger partial charge in [-0.05, 0) is 55.3 Å². The Bertz CT molecular complexity index is 747. The number of halogens is 1. The van der Waals surface area contributed by atoms with Crippen molar-refractivity contribution in [1.29, 1.82) is 0 Å². The first-order valence-electron chi connectivity index (χ1n) is 9.06. The molecule has 0 aromatic heterocycles. The van der Waals surface area contributed by atoms with Gasteiger partial charge in [-0.3, -0.25) is 4.79 Å². The molecule has 0 bridgehead atoms. The molecule has 0 saturated carbocycles. The van der Waals surface area contributed by atoms with E-state index in [1.54, 1.807) is 31.2 Å². The molecule has 0 fully saturated rings. The third kappa shape index (κ3) is 7.71. The Labute approximate surface area is 165 Å². The summed E-state index contributed by atoms with van der Waals surface area (Å²) in [6.07, 6.45) is 4.22. The summed E-state index contributed by atoms with van der Waals surface area (Å²) in [4.78, 5) is 12.1. The minimum Gasteiger partial charge on any atom is -0.494 e. The first kappa shape index (κ1) is 20.8. The molecule has 0 unspecified atom stereocenters. The lowest BCUT2D eigenvalue weighted by molar-refractivity contribution is -0.127. The van der Waals surface area contributed by atoms with Gasteiger partial charge in [-0.2, -0.15) is 5.10 Å². The molecule has 27 heavy (non-hydrogen) atoms. The average Bonchev–Trinajstić information content (AvgIpc) is 2.66. The summed E-state index contributed by atoms with van der Waals surface area (Å²) in [5, 5.41) is 4.54. The molecule has 0 aliphatic heterocycles. The van der Waals surface area contributed by atoms with Crippen molar-refractivity contribution in [1.82, 2.24) is 5.43 Å². The second-order valence-corrected chi connectivity index (χ2v) is 6.51. The number of hydrogen-bond acceptors (Lipinski definition) is 4.